The highest BCUT2D eigenvalue weighted by Gasteiger charge is 2.33. The maximum Gasteiger partial charge on any atom is 0.238 e. The van der Waals surface area contributed by atoms with E-state index in [1.54, 1.807) is 36.4 Å². The van der Waals surface area contributed by atoms with Gasteiger partial charge in [-0.25, -0.2) is 0 Å². The molecule has 0 saturated carbocycles. The Labute approximate surface area is 164 Å². The Balaban J connectivity index is 1.74. The number of rotatable bonds is 6. The smallest absolute Gasteiger partial charge is 0.238 e. The molecule has 1 aliphatic rings. The highest BCUT2D eigenvalue weighted by Crippen LogP contribution is 2.20. The molecule has 146 valence electrons. The summed E-state index contributed by atoms with van der Waals surface area (Å²) in [5.74, 6) is -0.337. The molecule has 2 N–H and O–H groups in total. The second kappa shape index (κ2) is 8.80. The van der Waals surface area contributed by atoms with Crippen LogP contribution in [-0.4, -0.2) is 48.2 Å². The number of hydrogen-bond acceptors (Lipinski definition) is 4. The van der Waals surface area contributed by atoms with Gasteiger partial charge in [-0.05, 0) is 18.1 Å². The molecule has 28 heavy (non-hydrogen) atoms. The van der Waals surface area contributed by atoms with Crippen molar-refractivity contribution in [2.24, 2.45) is 5.92 Å². The van der Waals surface area contributed by atoms with E-state index in [0.717, 1.165) is 0 Å². The molecule has 0 bridgehead atoms. The molecule has 0 radical (unpaired) electrons. The molecule has 0 aromatic heterocycles. The molecule has 6 heteroatoms. The van der Waals surface area contributed by atoms with Gasteiger partial charge < -0.3 is 10.6 Å². The zero-order chi connectivity index (χ0) is 20.1. The van der Waals surface area contributed by atoms with Crippen LogP contribution in [0, 0.1) is 5.92 Å². The fourth-order valence-electron chi connectivity index (χ4n) is 3.54. The predicted octanol–water partition coefficient (Wildman–Crippen LogP) is 2.31. The highest BCUT2D eigenvalue weighted by atomic mass is 16.2. The SMILES string of the molecule is CC(C)C1C(=O)NCCN1CC(=O)Nc1ccccc1C(=O)c1ccccc1. The zero-order valence-electron chi connectivity index (χ0n) is 16.1. The molecule has 1 atom stereocenters. The number of para-hydroxylation sites is 1. The van der Waals surface area contributed by atoms with Crippen molar-refractivity contribution < 1.29 is 14.4 Å². The summed E-state index contributed by atoms with van der Waals surface area (Å²) in [5, 5.41) is 5.70. The lowest BCUT2D eigenvalue weighted by atomic mass is 9.99. The summed E-state index contributed by atoms with van der Waals surface area (Å²) in [6, 6.07) is 15.6. The van der Waals surface area contributed by atoms with Crippen molar-refractivity contribution in [3.05, 3.63) is 65.7 Å². The van der Waals surface area contributed by atoms with E-state index in [4.69, 9.17) is 0 Å². The van der Waals surface area contributed by atoms with Crippen molar-refractivity contribution in [2.75, 3.05) is 25.0 Å². The van der Waals surface area contributed by atoms with E-state index in [2.05, 4.69) is 10.6 Å². The Morgan fingerprint density at radius 3 is 2.50 bits per heavy atom. The normalized spacial score (nSPS) is 17.2. The molecule has 1 unspecified atom stereocenters. The average molecular weight is 379 g/mol. The van der Waals surface area contributed by atoms with Crippen molar-refractivity contribution in [1.29, 1.82) is 0 Å². The number of nitrogens with zero attached hydrogens (tertiary/aromatic N) is 1. The van der Waals surface area contributed by atoms with Gasteiger partial charge in [-0.3, -0.25) is 19.3 Å². The Morgan fingerprint density at radius 1 is 1.11 bits per heavy atom. The van der Waals surface area contributed by atoms with E-state index in [9.17, 15) is 14.4 Å². The molecule has 1 heterocycles. The third-order valence-electron chi connectivity index (χ3n) is 4.82. The summed E-state index contributed by atoms with van der Waals surface area (Å²) >= 11 is 0. The maximum absolute atomic E-state index is 12.8. The Morgan fingerprint density at radius 2 is 1.79 bits per heavy atom. The van der Waals surface area contributed by atoms with Crippen LogP contribution in [0.3, 0.4) is 0 Å². The monoisotopic (exact) mass is 379 g/mol. The number of anilines is 1. The van der Waals surface area contributed by atoms with Gasteiger partial charge in [0.25, 0.3) is 0 Å². The molecule has 1 aliphatic heterocycles. The molecule has 0 spiro atoms. The first-order valence-corrected chi connectivity index (χ1v) is 9.47. The maximum atomic E-state index is 12.8. The largest absolute Gasteiger partial charge is 0.353 e. The number of piperazine rings is 1. The van der Waals surface area contributed by atoms with Gasteiger partial charge in [0, 0.05) is 24.2 Å². The predicted molar refractivity (Wildman–Crippen MR) is 108 cm³/mol. The third-order valence-corrected chi connectivity index (χ3v) is 4.82. The lowest BCUT2D eigenvalue weighted by molar-refractivity contribution is -0.132. The first-order chi connectivity index (χ1) is 13.5. The number of benzene rings is 2. The first kappa shape index (κ1) is 19.8. The second-order valence-electron chi connectivity index (χ2n) is 7.24. The molecular formula is C22H25N3O3. The summed E-state index contributed by atoms with van der Waals surface area (Å²) < 4.78 is 0. The average Bonchev–Trinajstić information content (AvgIpc) is 2.68. The quantitative estimate of drug-likeness (QED) is 0.755. The minimum Gasteiger partial charge on any atom is -0.353 e. The second-order valence-corrected chi connectivity index (χ2v) is 7.24. The summed E-state index contributed by atoms with van der Waals surface area (Å²) in [6.07, 6.45) is 0. The standard InChI is InChI=1S/C22H25N3O3/c1-15(2)20-22(28)23-12-13-25(20)14-19(26)24-18-11-7-6-10-17(18)21(27)16-8-4-3-5-9-16/h3-11,15,20H,12-14H2,1-2H3,(H,23,28)(H,24,26). The molecule has 6 nitrogen and oxygen atoms in total. The van der Waals surface area contributed by atoms with Crippen molar-refractivity contribution in [3.63, 3.8) is 0 Å². The van der Waals surface area contributed by atoms with Gasteiger partial charge in [-0.1, -0.05) is 56.3 Å². The number of amides is 2. The van der Waals surface area contributed by atoms with Crippen LogP contribution in [0.1, 0.15) is 29.8 Å². The molecule has 1 fully saturated rings. The van der Waals surface area contributed by atoms with Gasteiger partial charge in [0.15, 0.2) is 5.78 Å². The number of hydrogen-bond donors (Lipinski definition) is 2. The van der Waals surface area contributed by atoms with Gasteiger partial charge in [0.1, 0.15) is 0 Å². The Hall–Kier alpha value is -2.99. The van der Waals surface area contributed by atoms with Crippen LogP contribution in [0.4, 0.5) is 5.69 Å². The van der Waals surface area contributed by atoms with Crippen LogP contribution >= 0.6 is 0 Å². The summed E-state index contributed by atoms with van der Waals surface area (Å²) in [6.45, 7) is 5.18. The molecular weight excluding hydrogens is 354 g/mol. The first-order valence-electron chi connectivity index (χ1n) is 9.47. The number of carbonyl (C=O) groups is 3. The van der Waals surface area contributed by atoms with Crippen LogP contribution in [0.2, 0.25) is 0 Å². The van der Waals surface area contributed by atoms with Gasteiger partial charge in [0.05, 0.1) is 18.3 Å². The summed E-state index contributed by atoms with van der Waals surface area (Å²) in [4.78, 5) is 39.5. The third kappa shape index (κ3) is 4.46. The summed E-state index contributed by atoms with van der Waals surface area (Å²) in [7, 11) is 0. The Kier molecular flexibility index (Phi) is 6.21. The van der Waals surface area contributed by atoms with Crippen LogP contribution in [0.15, 0.2) is 54.6 Å². The summed E-state index contributed by atoms with van der Waals surface area (Å²) in [5.41, 5.74) is 1.49. The lowest BCUT2D eigenvalue weighted by Gasteiger charge is -2.36. The number of carbonyl (C=O) groups excluding carboxylic acids is 3. The van der Waals surface area contributed by atoms with Crippen molar-refractivity contribution in [1.82, 2.24) is 10.2 Å². The Bertz CT molecular complexity index is 864. The van der Waals surface area contributed by atoms with E-state index >= 15 is 0 Å². The molecule has 2 aromatic carbocycles. The van der Waals surface area contributed by atoms with Crippen molar-refractivity contribution >= 4 is 23.3 Å². The van der Waals surface area contributed by atoms with E-state index in [-0.39, 0.29) is 36.1 Å². The minimum atomic E-state index is -0.333. The highest BCUT2D eigenvalue weighted by molar-refractivity contribution is 6.13. The van der Waals surface area contributed by atoms with Crippen LogP contribution in [0.5, 0.6) is 0 Å². The van der Waals surface area contributed by atoms with Gasteiger partial charge in [0.2, 0.25) is 11.8 Å². The van der Waals surface area contributed by atoms with E-state index in [0.29, 0.717) is 29.9 Å². The van der Waals surface area contributed by atoms with Gasteiger partial charge in [-0.2, -0.15) is 0 Å². The molecule has 0 aliphatic carbocycles. The molecule has 2 aromatic rings. The van der Waals surface area contributed by atoms with Crippen LogP contribution in [0.25, 0.3) is 0 Å². The van der Waals surface area contributed by atoms with Gasteiger partial charge >= 0.3 is 0 Å². The van der Waals surface area contributed by atoms with Crippen molar-refractivity contribution in [3.8, 4) is 0 Å². The number of ketones is 1. The van der Waals surface area contributed by atoms with Gasteiger partial charge in [-0.15, -0.1) is 0 Å². The minimum absolute atomic E-state index is 0.0475. The lowest BCUT2D eigenvalue weighted by Crippen LogP contribution is -2.58. The van der Waals surface area contributed by atoms with E-state index < -0.39 is 0 Å². The van der Waals surface area contributed by atoms with E-state index in [1.807, 2.05) is 36.9 Å². The number of nitrogens with one attached hydrogen (secondary N) is 2. The molecule has 1 saturated heterocycles. The molecule has 3 rings (SSSR count). The zero-order valence-corrected chi connectivity index (χ0v) is 16.1. The van der Waals surface area contributed by atoms with E-state index in [1.165, 1.54) is 0 Å². The fourth-order valence-corrected chi connectivity index (χ4v) is 3.54. The fraction of sp³-hybridized carbons (Fsp3) is 0.318. The van der Waals surface area contributed by atoms with Crippen molar-refractivity contribution in [2.45, 2.75) is 19.9 Å². The molecule has 2 amide bonds. The van der Waals surface area contributed by atoms with Crippen LogP contribution < -0.4 is 10.6 Å². The van der Waals surface area contributed by atoms with Crippen LogP contribution in [-0.2, 0) is 9.59 Å². The topological polar surface area (TPSA) is 78.5 Å².